The molecule has 102 valence electrons. The van der Waals surface area contributed by atoms with Crippen LogP contribution in [0.5, 0.6) is 11.5 Å². The van der Waals surface area contributed by atoms with Gasteiger partial charge in [0.1, 0.15) is 0 Å². The fourth-order valence-corrected chi connectivity index (χ4v) is 3.11. The molecule has 0 aliphatic carbocycles. The Balaban J connectivity index is 1.71. The van der Waals surface area contributed by atoms with Gasteiger partial charge >= 0.3 is 0 Å². The highest BCUT2D eigenvalue weighted by molar-refractivity contribution is 9.10. The zero-order chi connectivity index (χ0) is 13.9. The molecule has 0 saturated carbocycles. The van der Waals surface area contributed by atoms with Crippen LogP contribution in [0.1, 0.15) is 4.88 Å². The Morgan fingerprint density at radius 3 is 3.10 bits per heavy atom. The topological polar surface area (TPSA) is 47.6 Å². The molecule has 0 saturated heterocycles. The van der Waals surface area contributed by atoms with Crippen molar-refractivity contribution in [2.75, 3.05) is 12.1 Å². The van der Waals surface area contributed by atoms with Crippen molar-refractivity contribution in [3.63, 3.8) is 0 Å². The van der Waals surface area contributed by atoms with Gasteiger partial charge in [0, 0.05) is 20.8 Å². The summed E-state index contributed by atoms with van der Waals surface area (Å²) in [5, 5.41) is 4.75. The van der Waals surface area contributed by atoms with Gasteiger partial charge in [-0.05, 0) is 40.2 Å². The number of benzene rings is 1. The number of amides is 1. The molecule has 0 bridgehead atoms. The molecule has 4 nitrogen and oxygen atoms in total. The lowest BCUT2D eigenvalue weighted by atomic mass is 10.2. The van der Waals surface area contributed by atoms with Crippen LogP contribution in [-0.4, -0.2) is 12.7 Å². The molecule has 0 fully saturated rings. The number of ether oxygens (including phenoxy) is 2. The number of para-hydroxylation sites is 1. The smallest absolute Gasteiger partial charge is 0.248 e. The van der Waals surface area contributed by atoms with E-state index in [1.807, 2.05) is 17.5 Å². The van der Waals surface area contributed by atoms with Crippen LogP contribution in [0.2, 0.25) is 0 Å². The Labute approximate surface area is 128 Å². The number of carbonyl (C=O) groups excluding carboxylic acids is 1. The van der Waals surface area contributed by atoms with Crippen molar-refractivity contribution in [3.05, 3.63) is 45.1 Å². The van der Waals surface area contributed by atoms with Crippen molar-refractivity contribution < 1.29 is 14.3 Å². The Kier molecular flexibility index (Phi) is 3.75. The molecule has 20 heavy (non-hydrogen) atoms. The summed E-state index contributed by atoms with van der Waals surface area (Å²) in [4.78, 5) is 12.9. The number of anilines is 1. The van der Waals surface area contributed by atoms with Crippen LogP contribution >= 0.6 is 27.3 Å². The average molecular weight is 352 g/mol. The number of fused-ring (bicyclic) bond motifs is 1. The number of hydrogen-bond donors (Lipinski definition) is 1. The normalized spacial score (nSPS) is 12.8. The average Bonchev–Trinajstić information content (AvgIpc) is 3.05. The lowest BCUT2D eigenvalue weighted by molar-refractivity contribution is -0.111. The van der Waals surface area contributed by atoms with Crippen LogP contribution in [0.4, 0.5) is 5.69 Å². The van der Waals surface area contributed by atoms with Crippen LogP contribution in [0.15, 0.2) is 40.2 Å². The van der Waals surface area contributed by atoms with E-state index in [0.29, 0.717) is 17.2 Å². The van der Waals surface area contributed by atoms with Gasteiger partial charge in [-0.25, -0.2) is 0 Å². The lowest BCUT2D eigenvalue weighted by Gasteiger charge is -2.05. The summed E-state index contributed by atoms with van der Waals surface area (Å²) >= 11 is 4.93. The summed E-state index contributed by atoms with van der Waals surface area (Å²) in [5.74, 6) is 1.01. The third kappa shape index (κ3) is 2.86. The molecule has 1 N–H and O–H groups in total. The Hall–Kier alpha value is -1.79. The largest absolute Gasteiger partial charge is 0.454 e. The first-order valence-electron chi connectivity index (χ1n) is 5.84. The van der Waals surface area contributed by atoms with E-state index in [1.54, 1.807) is 29.5 Å². The van der Waals surface area contributed by atoms with Crippen molar-refractivity contribution in [3.8, 4) is 11.5 Å². The predicted octanol–water partition coefficient (Wildman–Crippen LogP) is 3.89. The molecule has 1 aliphatic heterocycles. The Morgan fingerprint density at radius 2 is 2.30 bits per heavy atom. The summed E-state index contributed by atoms with van der Waals surface area (Å²) in [5.41, 5.74) is 0.613. The number of rotatable bonds is 3. The van der Waals surface area contributed by atoms with Gasteiger partial charge in [-0.2, -0.15) is 0 Å². The third-order valence-corrected chi connectivity index (χ3v) is 4.30. The van der Waals surface area contributed by atoms with Gasteiger partial charge in [-0.15, -0.1) is 11.3 Å². The maximum atomic E-state index is 11.9. The fraction of sp³-hybridized carbons (Fsp3) is 0.0714. The Bertz CT molecular complexity index is 681. The highest BCUT2D eigenvalue weighted by Gasteiger charge is 2.17. The summed E-state index contributed by atoms with van der Waals surface area (Å²) in [7, 11) is 0. The molecular weight excluding hydrogens is 342 g/mol. The second-order valence-corrected chi connectivity index (χ2v) is 5.89. The van der Waals surface area contributed by atoms with Gasteiger partial charge in [-0.3, -0.25) is 4.79 Å². The van der Waals surface area contributed by atoms with Crippen molar-refractivity contribution in [2.24, 2.45) is 0 Å². The van der Waals surface area contributed by atoms with Crippen LogP contribution in [0.3, 0.4) is 0 Å². The fourth-order valence-electron chi connectivity index (χ4n) is 1.78. The summed E-state index contributed by atoms with van der Waals surface area (Å²) in [6.07, 6.45) is 3.26. The third-order valence-electron chi connectivity index (χ3n) is 2.64. The first kappa shape index (κ1) is 13.2. The van der Waals surface area contributed by atoms with Gasteiger partial charge < -0.3 is 14.8 Å². The van der Waals surface area contributed by atoms with Crippen LogP contribution in [0, 0.1) is 0 Å². The standard InChI is InChI=1S/C14H10BrNO3S/c15-9-6-10(20-7-9)4-5-13(17)16-11-2-1-3-12-14(11)19-8-18-12/h1-7H,8H2,(H,16,17). The van der Waals surface area contributed by atoms with E-state index in [9.17, 15) is 4.79 Å². The van der Waals surface area contributed by atoms with Gasteiger partial charge in [0.05, 0.1) is 5.69 Å². The molecule has 3 rings (SSSR count). The molecule has 1 amide bonds. The maximum Gasteiger partial charge on any atom is 0.248 e. The van der Waals surface area contributed by atoms with Gasteiger partial charge in [0.2, 0.25) is 12.7 Å². The summed E-state index contributed by atoms with van der Waals surface area (Å²) < 4.78 is 11.6. The summed E-state index contributed by atoms with van der Waals surface area (Å²) in [6.45, 7) is 0.182. The van der Waals surface area contributed by atoms with E-state index < -0.39 is 0 Å². The number of thiophene rings is 1. The van der Waals surface area contributed by atoms with Crippen molar-refractivity contribution in [2.45, 2.75) is 0 Å². The number of nitrogens with one attached hydrogen (secondary N) is 1. The first-order chi connectivity index (χ1) is 9.72. The van der Waals surface area contributed by atoms with Crippen LogP contribution in [0.25, 0.3) is 6.08 Å². The van der Waals surface area contributed by atoms with E-state index in [2.05, 4.69) is 21.2 Å². The van der Waals surface area contributed by atoms with Gasteiger partial charge in [0.25, 0.3) is 0 Å². The number of carbonyl (C=O) groups is 1. The molecule has 2 aromatic rings. The highest BCUT2D eigenvalue weighted by atomic mass is 79.9. The van der Waals surface area contributed by atoms with Gasteiger partial charge in [-0.1, -0.05) is 6.07 Å². The molecule has 0 atom stereocenters. The molecule has 0 spiro atoms. The molecule has 6 heteroatoms. The van der Waals surface area contributed by atoms with Crippen molar-refractivity contribution in [1.29, 1.82) is 0 Å². The van der Waals surface area contributed by atoms with E-state index in [0.717, 1.165) is 9.35 Å². The molecular formula is C14H10BrNO3S. The second kappa shape index (κ2) is 5.68. The molecule has 1 aromatic carbocycles. The maximum absolute atomic E-state index is 11.9. The number of halogens is 1. The minimum Gasteiger partial charge on any atom is -0.454 e. The molecule has 1 aliphatic rings. The summed E-state index contributed by atoms with van der Waals surface area (Å²) in [6, 6.07) is 7.34. The van der Waals surface area contributed by atoms with Crippen molar-refractivity contribution in [1.82, 2.24) is 0 Å². The van der Waals surface area contributed by atoms with E-state index in [4.69, 9.17) is 9.47 Å². The van der Waals surface area contributed by atoms with Crippen LogP contribution < -0.4 is 14.8 Å². The SMILES string of the molecule is O=C(C=Cc1cc(Br)cs1)Nc1cccc2c1OCO2. The number of hydrogen-bond acceptors (Lipinski definition) is 4. The molecule has 0 radical (unpaired) electrons. The zero-order valence-electron chi connectivity index (χ0n) is 10.3. The predicted molar refractivity (Wildman–Crippen MR) is 82.2 cm³/mol. The van der Waals surface area contributed by atoms with E-state index in [1.165, 1.54) is 6.08 Å². The van der Waals surface area contributed by atoms with Crippen molar-refractivity contribution >= 4 is 44.9 Å². The zero-order valence-corrected chi connectivity index (χ0v) is 12.7. The van der Waals surface area contributed by atoms with E-state index in [-0.39, 0.29) is 12.7 Å². The lowest BCUT2D eigenvalue weighted by Crippen LogP contribution is -2.08. The quantitative estimate of drug-likeness (QED) is 0.853. The molecule has 0 unspecified atom stereocenters. The van der Waals surface area contributed by atoms with Crippen LogP contribution in [-0.2, 0) is 4.79 Å². The molecule has 2 heterocycles. The monoisotopic (exact) mass is 351 g/mol. The van der Waals surface area contributed by atoms with Gasteiger partial charge in [0.15, 0.2) is 11.5 Å². The highest BCUT2D eigenvalue weighted by Crippen LogP contribution is 2.38. The minimum atomic E-state index is -0.210. The molecule has 1 aromatic heterocycles. The minimum absolute atomic E-state index is 0.182. The first-order valence-corrected chi connectivity index (χ1v) is 7.51. The second-order valence-electron chi connectivity index (χ2n) is 4.03. The Morgan fingerprint density at radius 1 is 1.40 bits per heavy atom. The van der Waals surface area contributed by atoms with E-state index >= 15 is 0 Å².